The highest BCUT2D eigenvalue weighted by Gasteiger charge is 2.29. The van der Waals surface area contributed by atoms with Crippen LogP contribution in [0.1, 0.15) is 31.9 Å². The molecule has 4 nitrogen and oxygen atoms in total. The second kappa shape index (κ2) is 6.61. The van der Waals surface area contributed by atoms with Crippen molar-refractivity contribution in [3.63, 3.8) is 0 Å². The van der Waals surface area contributed by atoms with Crippen molar-refractivity contribution in [3.8, 4) is 5.69 Å². The van der Waals surface area contributed by atoms with Gasteiger partial charge in [-0.2, -0.15) is 0 Å². The van der Waals surface area contributed by atoms with Gasteiger partial charge >= 0.3 is 5.97 Å². The molecule has 132 valence electrons. The van der Waals surface area contributed by atoms with Crippen LogP contribution in [0.3, 0.4) is 0 Å². The zero-order chi connectivity index (χ0) is 18.4. The lowest BCUT2D eigenvalue weighted by Crippen LogP contribution is -2.24. The van der Waals surface area contributed by atoms with E-state index in [2.05, 4.69) is 0 Å². The average Bonchev–Trinajstić information content (AvgIpc) is 3.04. The first kappa shape index (κ1) is 17.4. The summed E-state index contributed by atoms with van der Waals surface area (Å²) >= 11 is 9.49. The summed E-state index contributed by atoms with van der Waals surface area (Å²) in [6, 6.07) is 11.0. The molecule has 26 heavy (non-hydrogen) atoms. The summed E-state index contributed by atoms with van der Waals surface area (Å²) in [5.41, 5.74) is 1.50. The molecule has 3 aromatic rings. The maximum absolute atomic E-state index is 12.4. The number of benzene rings is 1. The Balaban J connectivity index is 2.06. The lowest BCUT2D eigenvalue weighted by Gasteiger charge is -2.18. The highest BCUT2D eigenvalue weighted by Crippen LogP contribution is 2.46. The van der Waals surface area contributed by atoms with Gasteiger partial charge in [-0.25, -0.2) is 4.79 Å². The number of nitrogens with zero attached hydrogens (tertiary/aromatic N) is 1. The van der Waals surface area contributed by atoms with Gasteiger partial charge in [-0.3, -0.25) is 4.79 Å². The maximum Gasteiger partial charge on any atom is 0.341 e. The molecule has 0 radical (unpaired) electrons. The first-order valence-electron chi connectivity index (χ1n) is 7.94. The van der Waals surface area contributed by atoms with Crippen molar-refractivity contribution >= 4 is 40.7 Å². The van der Waals surface area contributed by atoms with E-state index >= 15 is 0 Å². The lowest BCUT2D eigenvalue weighted by molar-refractivity contribution is 0.0693. The predicted octanol–water partition coefficient (Wildman–Crippen LogP) is 4.95. The maximum atomic E-state index is 12.4. The van der Waals surface area contributed by atoms with Crippen LogP contribution in [0.2, 0.25) is 5.02 Å². The second-order valence-electron chi connectivity index (χ2n) is 6.05. The summed E-state index contributed by atoms with van der Waals surface area (Å²) in [6.07, 6.45) is 0.454. The van der Waals surface area contributed by atoms with Gasteiger partial charge in [0.2, 0.25) is 0 Å². The summed E-state index contributed by atoms with van der Waals surface area (Å²) in [6.45, 7) is 1.82. The first-order chi connectivity index (χ1) is 12.5. The van der Waals surface area contributed by atoms with Crippen molar-refractivity contribution in [2.24, 2.45) is 0 Å². The number of halogens is 1. The van der Waals surface area contributed by atoms with E-state index in [4.69, 9.17) is 11.6 Å². The minimum atomic E-state index is -1.19. The molecule has 1 atom stereocenters. The number of aromatic nitrogens is 1. The van der Waals surface area contributed by atoms with Crippen LogP contribution in [0, 0.1) is 6.92 Å². The fourth-order valence-electron chi connectivity index (χ4n) is 3.32. The van der Waals surface area contributed by atoms with Gasteiger partial charge in [0.1, 0.15) is 5.56 Å². The molecule has 0 fully saturated rings. The third-order valence-corrected chi connectivity index (χ3v) is 7.04. The number of thioether (sulfide) groups is 1. The Bertz CT molecular complexity index is 1070. The summed E-state index contributed by atoms with van der Waals surface area (Å²) in [5.74, 6) is -1.19. The average molecular weight is 404 g/mol. The Hall–Kier alpha value is -2.02. The van der Waals surface area contributed by atoms with E-state index in [1.54, 1.807) is 29.2 Å². The minimum absolute atomic E-state index is 0.0141. The first-order valence-corrected chi connectivity index (χ1v) is 10.1. The van der Waals surface area contributed by atoms with Gasteiger partial charge in [0.15, 0.2) is 5.43 Å². The molecular formula is C19H14ClNO3S2. The van der Waals surface area contributed by atoms with E-state index in [1.807, 2.05) is 41.1 Å². The Labute approximate surface area is 163 Å². The van der Waals surface area contributed by atoms with Crippen molar-refractivity contribution in [1.29, 1.82) is 0 Å². The molecule has 1 aliphatic heterocycles. The van der Waals surface area contributed by atoms with E-state index in [0.29, 0.717) is 22.8 Å². The highest BCUT2D eigenvalue weighted by atomic mass is 35.5. The van der Waals surface area contributed by atoms with Crippen LogP contribution < -0.4 is 5.43 Å². The van der Waals surface area contributed by atoms with Crippen LogP contribution >= 0.6 is 34.7 Å². The Kier molecular flexibility index (Phi) is 4.42. The molecule has 3 heterocycles. The molecule has 0 amide bonds. The molecule has 4 rings (SSSR count). The minimum Gasteiger partial charge on any atom is -0.477 e. The van der Waals surface area contributed by atoms with Crippen molar-refractivity contribution in [2.75, 3.05) is 0 Å². The number of aryl methyl sites for hydroxylation is 1. The van der Waals surface area contributed by atoms with E-state index in [9.17, 15) is 14.7 Å². The van der Waals surface area contributed by atoms with E-state index in [0.717, 1.165) is 15.5 Å². The molecule has 2 aromatic heterocycles. The van der Waals surface area contributed by atoms with Crippen LogP contribution in [-0.4, -0.2) is 15.6 Å². The zero-order valence-corrected chi connectivity index (χ0v) is 16.1. The Morgan fingerprint density at radius 3 is 2.81 bits per heavy atom. The molecular weight excluding hydrogens is 390 g/mol. The molecule has 0 saturated carbocycles. The van der Waals surface area contributed by atoms with E-state index in [1.165, 1.54) is 6.07 Å². The quantitative estimate of drug-likeness (QED) is 0.657. The van der Waals surface area contributed by atoms with Crippen molar-refractivity contribution in [1.82, 2.24) is 4.57 Å². The number of thiophene rings is 1. The number of pyridine rings is 1. The Morgan fingerprint density at radius 1 is 1.31 bits per heavy atom. The molecule has 0 spiro atoms. The molecule has 1 aromatic carbocycles. The van der Waals surface area contributed by atoms with Crippen LogP contribution in [0.25, 0.3) is 5.69 Å². The number of rotatable bonds is 2. The number of carboxylic acids is 1. The topological polar surface area (TPSA) is 59.3 Å². The molecule has 1 N–H and O–H groups in total. The summed E-state index contributed by atoms with van der Waals surface area (Å²) in [4.78, 5) is 26.4. The monoisotopic (exact) mass is 403 g/mol. The van der Waals surface area contributed by atoms with Crippen molar-refractivity contribution in [2.45, 2.75) is 23.5 Å². The van der Waals surface area contributed by atoms with Gasteiger partial charge < -0.3 is 9.67 Å². The SMILES string of the molecule is Cc1cc(=O)c(C(=O)O)c2n1-c1ccc(Cl)cc1S[C@@H](c1cccs1)C2. The fourth-order valence-corrected chi connectivity index (χ4v) is 5.79. The number of hydrogen-bond donors (Lipinski definition) is 1. The van der Waals surface area contributed by atoms with Gasteiger partial charge in [0, 0.05) is 43.9 Å². The van der Waals surface area contributed by atoms with E-state index < -0.39 is 11.4 Å². The predicted molar refractivity (Wildman–Crippen MR) is 105 cm³/mol. The van der Waals surface area contributed by atoms with Crippen LogP contribution in [-0.2, 0) is 6.42 Å². The summed E-state index contributed by atoms with van der Waals surface area (Å²) in [5, 5.41) is 12.3. The Morgan fingerprint density at radius 2 is 2.12 bits per heavy atom. The molecule has 7 heteroatoms. The number of carboxylic acid groups (broad SMARTS) is 1. The number of hydrogen-bond acceptors (Lipinski definition) is 4. The van der Waals surface area contributed by atoms with Crippen LogP contribution in [0.4, 0.5) is 0 Å². The normalized spacial score (nSPS) is 15.8. The standard InChI is InChI=1S/C19H14ClNO3S2/c1-10-7-14(22)18(19(23)24)13-9-17(15-3-2-6-25-15)26-16-8-11(20)4-5-12(16)21(10)13/h2-8,17H,9H2,1H3,(H,23,24)/t17-/m1/s1. The van der Waals surface area contributed by atoms with Crippen molar-refractivity contribution in [3.05, 3.63) is 78.9 Å². The van der Waals surface area contributed by atoms with Gasteiger partial charge in [-0.15, -0.1) is 23.1 Å². The summed E-state index contributed by atoms with van der Waals surface area (Å²) in [7, 11) is 0. The summed E-state index contributed by atoms with van der Waals surface area (Å²) < 4.78 is 1.89. The third kappa shape index (κ3) is 2.88. The van der Waals surface area contributed by atoms with Crippen LogP contribution in [0.5, 0.6) is 0 Å². The molecule has 0 unspecified atom stereocenters. The largest absolute Gasteiger partial charge is 0.477 e. The number of aromatic carboxylic acids is 1. The van der Waals surface area contributed by atoms with Gasteiger partial charge in [-0.05, 0) is 36.6 Å². The van der Waals surface area contributed by atoms with Gasteiger partial charge in [-0.1, -0.05) is 17.7 Å². The smallest absolute Gasteiger partial charge is 0.341 e. The molecule has 0 bridgehead atoms. The third-order valence-electron chi connectivity index (χ3n) is 4.38. The zero-order valence-electron chi connectivity index (χ0n) is 13.7. The number of fused-ring (bicyclic) bond motifs is 3. The van der Waals surface area contributed by atoms with Crippen molar-refractivity contribution < 1.29 is 9.90 Å². The molecule has 1 aliphatic rings. The molecule has 0 aliphatic carbocycles. The lowest BCUT2D eigenvalue weighted by atomic mass is 10.1. The second-order valence-corrected chi connectivity index (χ2v) is 8.71. The van der Waals surface area contributed by atoms with Crippen LogP contribution in [0.15, 0.2) is 51.5 Å². The number of carbonyl (C=O) groups is 1. The molecule has 0 saturated heterocycles. The highest BCUT2D eigenvalue weighted by molar-refractivity contribution is 7.99. The van der Waals surface area contributed by atoms with Gasteiger partial charge in [0.05, 0.1) is 5.69 Å². The van der Waals surface area contributed by atoms with Gasteiger partial charge in [0.25, 0.3) is 0 Å². The fraction of sp³-hybridized carbons (Fsp3) is 0.158. The van der Waals surface area contributed by atoms with E-state index in [-0.39, 0.29) is 10.8 Å².